The second-order valence-corrected chi connectivity index (χ2v) is 8.19. The first-order valence-corrected chi connectivity index (χ1v) is 10.4. The maximum Gasteiger partial charge on any atom is 0.309 e. The van der Waals surface area contributed by atoms with Crippen molar-refractivity contribution in [3.63, 3.8) is 0 Å². The van der Waals surface area contributed by atoms with Gasteiger partial charge in [0.15, 0.2) is 6.29 Å². The lowest BCUT2D eigenvalue weighted by Gasteiger charge is -2.47. The van der Waals surface area contributed by atoms with Crippen LogP contribution in [0.25, 0.3) is 11.3 Å². The zero-order chi connectivity index (χ0) is 22.2. The number of aliphatic hydroxyl groups is 1. The minimum absolute atomic E-state index is 0.227. The van der Waals surface area contributed by atoms with Crippen LogP contribution in [0.4, 0.5) is 4.39 Å². The van der Waals surface area contributed by atoms with Crippen molar-refractivity contribution in [3.05, 3.63) is 72.2 Å². The molecule has 1 saturated heterocycles. The predicted octanol–water partition coefficient (Wildman–Crippen LogP) is 2.82. The van der Waals surface area contributed by atoms with Gasteiger partial charge in [0.05, 0.1) is 30.9 Å². The van der Waals surface area contributed by atoms with E-state index in [1.54, 1.807) is 18.3 Å². The highest BCUT2D eigenvalue weighted by Gasteiger charge is 2.51. The van der Waals surface area contributed by atoms with Crippen molar-refractivity contribution in [2.45, 2.75) is 31.0 Å². The number of halogens is 1. The quantitative estimate of drug-likeness (QED) is 0.644. The molecule has 166 valence electrons. The molecule has 1 unspecified atom stereocenters. The Morgan fingerprint density at radius 1 is 1.16 bits per heavy atom. The Labute approximate surface area is 183 Å². The standard InChI is InChI=1S/C23H22FN3O5/c24-16-8-4-7-14(9-16)18-11-27(26-25-18)19-20(28)17(22(29)30)10-15-12-31-23(32-21(15)19)13-5-2-1-3-6-13/h1-9,11,15,17,19-21,23,28H,10,12H2,(H,29,30)/t15-,17-,19-,20+,21+,23?/m1/s1. The molecular weight excluding hydrogens is 417 g/mol. The van der Waals surface area contributed by atoms with Gasteiger partial charge in [-0.25, -0.2) is 9.07 Å². The number of benzene rings is 2. The number of aliphatic carboxylic acids is 1. The maximum absolute atomic E-state index is 13.6. The molecule has 0 radical (unpaired) electrons. The van der Waals surface area contributed by atoms with E-state index in [1.807, 2.05) is 30.3 Å². The number of ether oxygens (including phenoxy) is 2. The summed E-state index contributed by atoms with van der Waals surface area (Å²) in [6.07, 6.45) is -0.614. The number of carbonyl (C=O) groups is 1. The van der Waals surface area contributed by atoms with Crippen LogP contribution >= 0.6 is 0 Å². The fourth-order valence-electron chi connectivity index (χ4n) is 4.60. The summed E-state index contributed by atoms with van der Waals surface area (Å²) in [7, 11) is 0. The highest BCUT2D eigenvalue weighted by molar-refractivity contribution is 5.71. The molecule has 9 heteroatoms. The fraction of sp³-hybridized carbons (Fsp3) is 0.348. The topological polar surface area (TPSA) is 107 Å². The molecule has 1 aliphatic carbocycles. The number of hydrogen-bond donors (Lipinski definition) is 2. The van der Waals surface area contributed by atoms with Gasteiger partial charge in [-0.1, -0.05) is 47.7 Å². The van der Waals surface area contributed by atoms with Gasteiger partial charge < -0.3 is 19.7 Å². The van der Waals surface area contributed by atoms with Crippen LogP contribution in [-0.2, 0) is 14.3 Å². The zero-order valence-electron chi connectivity index (χ0n) is 17.0. The van der Waals surface area contributed by atoms with Crippen LogP contribution < -0.4 is 0 Å². The lowest BCUT2D eigenvalue weighted by Crippen LogP contribution is -2.54. The third-order valence-electron chi connectivity index (χ3n) is 6.19. The molecule has 2 aliphatic rings. The van der Waals surface area contributed by atoms with E-state index in [0.717, 1.165) is 5.56 Å². The van der Waals surface area contributed by atoms with Crippen LogP contribution in [-0.4, -0.2) is 50.0 Å². The lowest BCUT2D eigenvalue weighted by atomic mass is 9.74. The van der Waals surface area contributed by atoms with Gasteiger partial charge in [-0.3, -0.25) is 4.79 Å². The maximum atomic E-state index is 13.6. The minimum atomic E-state index is -1.25. The summed E-state index contributed by atoms with van der Waals surface area (Å²) >= 11 is 0. The number of aromatic nitrogens is 3. The SMILES string of the molecule is O=C(O)[C@@H]1C[C@@H]2COC(c3ccccc3)O[C@@H]2[C@H](n2cc(-c3cccc(F)c3)nn2)[C@H]1O. The molecule has 2 heterocycles. The molecule has 2 N–H and O–H groups in total. The summed E-state index contributed by atoms with van der Waals surface area (Å²) in [5, 5.41) is 29.0. The molecule has 0 bridgehead atoms. The first-order chi connectivity index (χ1) is 15.5. The van der Waals surface area contributed by atoms with Gasteiger partial charge >= 0.3 is 5.97 Å². The van der Waals surface area contributed by atoms with E-state index in [4.69, 9.17) is 9.47 Å². The van der Waals surface area contributed by atoms with Gasteiger partial charge in [0.25, 0.3) is 0 Å². The second-order valence-electron chi connectivity index (χ2n) is 8.19. The van der Waals surface area contributed by atoms with Gasteiger partial charge in [-0.2, -0.15) is 0 Å². The fourth-order valence-corrected chi connectivity index (χ4v) is 4.60. The molecule has 8 nitrogen and oxygen atoms in total. The molecule has 1 aromatic heterocycles. The zero-order valence-corrected chi connectivity index (χ0v) is 17.0. The average Bonchev–Trinajstić information content (AvgIpc) is 3.28. The number of aliphatic hydroxyl groups excluding tert-OH is 1. The normalized spacial score (nSPS) is 29.9. The molecule has 2 aromatic carbocycles. The Balaban J connectivity index is 1.49. The van der Waals surface area contributed by atoms with E-state index in [0.29, 0.717) is 17.9 Å². The number of fused-ring (bicyclic) bond motifs is 1. The summed E-state index contributed by atoms with van der Waals surface area (Å²) in [4.78, 5) is 11.8. The van der Waals surface area contributed by atoms with E-state index >= 15 is 0 Å². The monoisotopic (exact) mass is 439 g/mol. The van der Waals surface area contributed by atoms with Crippen LogP contribution in [0, 0.1) is 17.7 Å². The number of carboxylic acids is 1. The third kappa shape index (κ3) is 3.79. The van der Waals surface area contributed by atoms with Crippen molar-refractivity contribution in [2.75, 3.05) is 6.61 Å². The summed E-state index contributed by atoms with van der Waals surface area (Å²) < 4.78 is 27.2. The Bertz CT molecular complexity index is 1110. The molecular formula is C23H22FN3O5. The second kappa shape index (κ2) is 8.42. The van der Waals surface area contributed by atoms with Crippen molar-refractivity contribution >= 4 is 5.97 Å². The highest BCUT2D eigenvalue weighted by Crippen LogP contribution is 2.44. The van der Waals surface area contributed by atoms with Crippen molar-refractivity contribution in [3.8, 4) is 11.3 Å². The van der Waals surface area contributed by atoms with Crippen LogP contribution in [0.2, 0.25) is 0 Å². The van der Waals surface area contributed by atoms with Crippen LogP contribution in [0.15, 0.2) is 60.8 Å². The average molecular weight is 439 g/mol. The molecule has 0 spiro atoms. The van der Waals surface area contributed by atoms with Gasteiger partial charge in [0.1, 0.15) is 17.6 Å². The molecule has 1 aliphatic heterocycles. The van der Waals surface area contributed by atoms with E-state index in [1.165, 1.54) is 16.8 Å². The summed E-state index contributed by atoms with van der Waals surface area (Å²) in [6, 6.07) is 14.6. The third-order valence-corrected chi connectivity index (χ3v) is 6.19. The largest absolute Gasteiger partial charge is 0.481 e. The first-order valence-electron chi connectivity index (χ1n) is 10.4. The van der Waals surface area contributed by atoms with E-state index in [2.05, 4.69) is 10.3 Å². The van der Waals surface area contributed by atoms with E-state index in [-0.39, 0.29) is 12.3 Å². The Morgan fingerprint density at radius 3 is 2.72 bits per heavy atom. The van der Waals surface area contributed by atoms with Crippen molar-refractivity contribution in [1.82, 2.24) is 15.0 Å². The predicted molar refractivity (Wildman–Crippen MR) is 110 cm³/mol. The summed E-state index contributed by atoms with van der Waals surface area (Å²) in [5.41, 5.74) is 1.78. The summed E-state index contributed by atoms with van der Waals surface area (Å²) in [5.74, 6) is -2.73. The van der Waals surface area contributed by atoms with E-state index in [9.17, 15) is 19.4 Å². The van der Waals surface area contributed by atoms with Crippen LogP contribution in [0.5, 0.6) is 0 Å². The van der Waals surface area contributed by atoms with Gasteiger partial charge in [0.2, 0.25) is 0 Å². The molecule has 0 amide bonds. The molecule has 32 heavy (non-hydrogen) atoms. The highest BCUT2D eigenvalue weighted by atomic mass is 19.1. The summed E-state index contributed by atoms with van der Waals surface area (Å²) in [6.45, 7) is 0.294. The molecule has 1 saturated carbocycles. The van der Waals surface area contributed by atoms with Crippen molar-refractivity contribution in [2.24, 2.45) is 11.8 Å². The van der Waals surface area contributed by atoms with Crippen LogP contribution in [0.1, 0.15) is 24.3 Å². The Hall–Kier alpha value is -3.14. The number of hydrogen-bond acceptors (Lipinski definition) is 6. The first kappa shape index (κ1) is 20.7. The number of nitrogens with zero attached hydrogens (tertiary/aromatic N) is 3. The van der Waals surface area contributed by atoms with Crippen LogP contribution in [0.3, 0.4) is 0 Å². The Kier molecular flexibility index (Phi) is 5.46. The van der Waals surface area contributed by atoms with Gasteiger partial charge in [0, 0.05) is 17.0 Å². The smallest absolute Gasteiger partial charge is 0.309 e. The van der Waals surface area contributed by atoms with Crippen molar-refractivity contribution < 1.29 is 28.9 Å². The Morgan fingerprint density at radius 2 is 1.97 bits per heavy atom. The molecule has 6 atom stereocenters. The molecule has 5 rings (SSSR count). The minimum Gasteiger partial charge on any atom is -0.481 e. The molecule has 2 fully saturated rings. The van der Waals surface area contributed by atoms with Gasteiger partial charge in [-0.15, -0.1) is 5.10 Å². The lowest BCUT2D eigenvalue weighted by molar-refractivity contribution is -0.274. The molecule has 3 aromatic rings. The van der Waals surface area contributed by atoms with Crippen molar-refractivity contribution in [1.29, 1.82) is 0 Å². The van der Waals surface area contributed by atoms with Gasteiger partial charge in [-0.05, 0) is 18.6 Å². The van der Waals surface area contributed by atoms with E-state index < -0.39 is 42.2 Å². The number of carboxylic acid groups (broad SMARTS) is 1. The number of rotatable bonds is 4.